The maximum Gasteiger partial charge on any atom is 0.316 e. The monoisotopic (exact) mass is 131 g/mol. The average Bonchev–Trinajstić information content (AvgIpc) is 1.93. The molecule has 0 bridgehead atoms. The molecule has 0 aromatic carbocycles. The van der Waals surface area contributed by atoms with E-state index in [1.54, 1.807) is 0 Å². The lowest BCUT2D eigenvalue weighted by Gasteiger charge is -1.84. The molecule has 2 nitrogen and oxygen atoms in total. The van der Waals surface area contributed by atoms with Gasteiger partial charge in [-0.25, -0.2) is 0 Å². The van der Waals surface area contributed by atoms with Gasteiger partial charge in [0.1, 0.15) is 12.4 Å². The molecule has 4 heteroatoms. The van der Waals surface area contributed by atoms with Gasteiger partial charge in [0.15, 0.2) is 0 Å². The van der Waals surface area contributed by atoms with Crippen LogP contribution >= 0.6 is 0 Å². The number of rotatable bonds is 0. The van der Waals surface area contributed by atoms with Gasteiger partial charge in [-0.15, -0.1) is 0 Å². The number of halogens is 2. The lowest BCUT2D eigenvalue weighted by molar-refractivity contribution is -0.653. The highest BCUT2D eigenvalue weighted by Gasteiger charge is 2.03. The summed E-state index contributed by atoms with van der Waals surface area (Å²) in [4.78, 5) is 0.125. The van der Waals surface area contributed by atoms with Crippen molar-refractivity contribution in [2.24, 2.45) is 0 Å². The Labute approximate surface area is 50.9 Å². The molecule has 0 fully saturated rings. The van der Waals surface area contributed by atoms with E-state index in [-0.39, 0.29) is 9.92 Å². The lowest BCUT2D eigenvalue weighted by atomic mass is 10.6. The third kappa shape index (κ3) is 1.64. The van der Waals surface area contributed by atoms with Crippen LogP contribution in [0.3, 0.4) is 0 Å². The first-order chi connectivity index (χ1) is 4.29. The largest absolute Gasteiger partial charge is 0.316 e. The fourth-order valence-corrected chi connectivity index (χ4v) is 0.446. The minimum atomic E-state index is 0.125. The van der Waals surface area contributed by atoms with Crippen LogP contribution in [0, 0.1) is 0 Å². The molecule has 0 saturated carbocycles. The Kier molecular flexibility index (Phi) is 1.58. The van der Waals surface area contributed by atoms with E-state index in [1.165, 1.54) is 12.2 Å². The minimum absolute atomic E-state index is 0.125. The van der Waals surface area contributed by atoms with E-state index in [2.05, 4.69) is 0 Å². The predicted octanol–water partition coefficient (Wildman–Crippen LogP) is 1.14. The highest BCUT2D eigenvalue weighted by Crippen LogP contribution is 1.92. The zero-order chi connectivity index (χ0) is 6.69. The summed E-state index contributed by atoms with van der Waals surface area (Å²) in [5.41, 5.74) is 0. The zero-order valence-electron chi connectivity index (χ0n) is 4.54. The molecule has 48 valence electrons. The van der Waals surface area contributed by atoms with Crippen LogP contribution in [-0.4, -0.2) is 16.3 Å². The third-order valence-corrected chi connectivity index (χ3v) is 0.789. The van der Waals surface area contributed by atoms with Crippen molar-refractivity contribution in [1.82, 2.24) is 5.12 Å². The Balaban J connectivity index is 2.77. The molecule has 0 unspecified atom stereocenters. The molecule has 0 radical (unpaired) electrons. The first kappa shape index (κ1) is 5.94. The number of hydrogen-bond acceptors (Lipinski definition) is 1. The highest BCUT2D eigenvalue weighted by molar-refractivity contribution is 5.49. The summed E-state index contributed by atoms with van der Waals surface area (Å²) in [6, 6.07) is 0. The second-order valence-electron chi connectivity index (χ2n) is 1.49. The van der Waals surface area contributed by atoms with Crippen LogP contribution in [0.2, 0.25) is 0 Å². The van der Waals surface area contributed by atoms with Gasteiger partial charge in [-0.2, -0.15) is 0 Å². The van der Waals surface area contributed by atoms with Crippen LogP contribution in [0.25, 0.3) is 0 Å². The van der Waals surface area contributed by atoms with Crippen molar-refractivity contribution in [1.29, 1.82) is 0 Å². The van der Waals surface area contributed by atoms with Crippen LogP contribution in [0.4, 0.5) is 8.96 Å². The van der Waals surface area contributed by atoms with Crippen LogP contribution < -0.4 is 0 Å². The Morgan fingerprint density at radius 3 is 2.89 bits per heavy atom. The second-order valence-corrected chi connectivity index (χ2v) is 1.49. The van der Waals surface area contributed by atoms with E-state index < -0.39 is 0 Å². The van der Waals surface area contributed by atoms with Crippen molar-refractivity contribution in [3.05, 3.63) is 24.6 Å². The number of allylic oxidation sites excluding steroid dienone is 2. The van der Waals surface area contributed by atoms with Crippen LogP contribution in [0.15, 0.2) is 24.6 Å². The molecule has 1 rings (SSSR count). The van der Waals surface area contributed by atoms with E-state index in [0.717, 1.165) is 12.4 Å². The average molecular weight is 131 g/mol. The molecule has 0 amide bonds. The molecule has 1 heterocycles. The molecule has 0 spiro atoms. The summed E-state index contributed by atoms with van der Waals surface area (Å²) in [5.74, 6) is 0. The molecule has 1 aliphatic heterocycles. The SMILES string of the molecule is FN1C=CC=C[N+](F)=C1. The van der Waals surface area contributed by atoms with Gasteiger partial charge in [-0.05, 0) is 22.1 Å². The summed E-state index contributed by atoms with van der Waals surface area (Å²) < 4.78 is 24.1. The zero-order valence-corrected chi connectivity index (χ0v) is 4.54. The van der Waals surface area contributed by atoms with Gasteiger partial charge in [0.2, 0.25) is 0 Å². The molecule has 0 aromatic rings. The van der Waals surface area contributed by atoms with Gasteiger partial charge < -0.3 is 0 Å². The van der Waals surface area contributed by atoms with Gasteiger partial charge >= 0.3 is 6.34 Å². The fraction of sp³-hybridized carbons (Fsp3) is 0. The Hall–Kier alpha value is -1.19. The third-order valence-electron chi connectivity index (χ3n) is 0.789. The smallest absolute Gasteiger partial charge is 0.0434 e. The lowest BCUT2D eigenvalue weighted by Crippen LogP contribution is -2.06. The van der Waals surface area contributed by atoms with Crippen molar-refractivity contribution in [2.75, 3.05) is 0 Å². The van der Waals surface area contributed by atoms with Gasteiger partial charge in [-0.3, -0.25) is 0 Å². The molecule has 0 N–H and O–H groups in total. The van der Waals surface area contributed by atoms with Crippen molar-refractivity contribution in [2.45, 2.75) is 0 Å². The minimum Gasteiger partial charge on any atom is -0.0434 e. The summed E-state index contributed by atoms with van der Waals surface area (Å²) >= 11 is 0. The summed E-state index contributed by atoms with van der Waals surface area (Å²) in [6.07, 6.45) is 5.62. The van der Waals surface area contributed by atoms with Crippen LogP contribution in [-0.2, 0) is 0 Å². The molecular weight excluding hydrogens is 126 g/mol. The molecule has 9 heavy (non-hydrogen) atoms. The highest BCUT2D eigenvalue weighted by atomic mass is 19.2. The summed E-state index contributed by atoms with van der Waals surface area (Å²) in [6.45, 7) is 0. The summed E-state index contributed by atoms with van der Waals surface area (Å²) in [7, 11) is 0. The quantitative estimate of drug-likeness (QED) is 0.447. The Bertz CT molecular complexity index is 183. The topological polar surface area (TPSA) is 6.25 Å². The van der Waals surface area contributed by atoms with Gasteiger partial charge in [0, 0.05) is 8.96 Å². The normalized spacial score (nSPS) is 17.6. The van der Waals surface area contributed by atoms with Gasteiger partial charge in [0.25, 0.3) is 0 Å². The molecule has 0 saturated heterocycles. The van der Waals surface area contributed by atoms with Crippen LogP contribution in [0.1, 0.15) is 0 Å². The molecule has 0 aliphatic carbocycles. The summed E-state index contributed by atoms with van der Waals surface area (Å²) in [5, 5.41) is 0.125. The van der Waals surface area contributed by atoms with E-state index in [0.29, 0.717) is 6.34 Å². The Morgan fingerprint density at radius 2 is 2.11 bits per heavy atom. The second kappa shape index (κ2) is 2.39. The number of hydrogen-bond donors (Lipinski definition) is 0. The molecule has 0 atom stereocenters. The number of nitrogens with zero attached hydrogens (tertiary/aromatic N) is 2. The van der Waals surface area contributed by atoms with Gasteiger partial charge in [0.05, 0.1) is 0 Å². The molecular formula is C5H5F2N2+. The fourth-order valence-electron chi connectivity index (χ4n) is 0.446. The van der Waals surface area contributed by atoms with Crippen molar-refractivity contribution >= 4 is 6.34 Å². The predicted molar refractivity (Wildman–Crippen MR) is 28.7 cm³/mol. The molecule has 1 aliphatic rings. The van der Waals surface area contributed by atoms with Crippen LogP contribution in [0.5, 0.6) is 0 Å². The first-order valence-corrected chi connectivity index (χ1v) is 2.37. The van der Waals surface area contributed by atoms with E-state index in [4.69, 9.17) is 0 Å². The van der Waals surface area contributed by atoms with E-state index in [9.17, 15) is 8.96 Å². The van der Waals surface area contributed by atoms with Gasteiger partial charge in [-0.1, -0.05) is 0 Å². The first-order valence-electron chi connectivity index (χ1n) is 2.37. The maximum atomic E-state index is 12.1. The Morgan fingerprint density at radius 1 is 1.33 bits per heavy atom. The van der Waals surface area contributed by atoms with Crippen molar-refractivity contribution in [3.63, 3.8) is 0 Å². The van der Waals surface area contributed by atoms with E-state index >= 15 is 0 Å². The van der Waals surface area contributed by atoms with E-state index in [1.807, 2.05) is 0 Å². The standard InChI is InChI=1S/C5H5F2N2/c6-8-3-1-2-4-9(7)5-8/h1-5H/q+1. The van der Waals surface area contributed by atoms with Crippen molar-refractivity contribution in [3.8, 4) is 0 Å². The van der Waals surface area contributed by atoms with Crippen molar-refractivity contribution < 1.29 is 13.8 Å². The maximum absolute atomic E-state index is 12.1. The molecule has 0 aromatic heterocycles.